The SMILES string of the molecule is CCCCCCCCCCCCCCCCOc1ccc(C=NC(c2ccccc2)C(N=Cc2ccc(OCCCCCCCCCCCCCCCC)cc2O)c2ccccc2)c(O)c1. The van der Waals surface area contributed by atoms with Crippen LogP contribution in [-0.2, 0) is 0 Å². The molecule has 2 unspecified atom stereocenters. The zero-order valence-electron chi connectivity index (χ0n) is 41.4. The molecule has 4 aromatic rings. The second-order valence-electron chi connectivity index (χ2n) is 18.6. The average Bonchev–Trinajstić information content (AvgIpc) is 3.34. The van der Waals surface area contributed by atoms with Gasteiger partial charge in [-0.2, -0.15) is 0 Å². The van der Waals surface area contributed by atoms with Crippen molar-refractivity contribution in [1.82, 2.24) is 0 Å². The minimum absolute atomic E-state index is 0.125. The van der Waals surface area contributed by atoms with Crippen LogP contribution in [0.15, 0.2) is 107 Å². The highest BCUT2D eigenvalue weighted by Gasteiger charge is 2.24. The van der Waals surface area contributed by atoms with Crippen molar-refractivity contribution >= 4 is 12.4 Å². The minimum atomic E-state index is -0.407. The third-order valence-corrected chi connectivity index (χ3v) is 12.9. The van der Waals surface area contributed by atoms with Gasteiger partial charge in [0.1, 0.15) is 35.1 Å². The van der Waals surface area contributed by atoms with E-state index in [1.165, 1.54) is 167 Å². The van der Waals surface area contributed by atoms with Crippen molar-refractivity contribution in [2.24, 2.45) is 9.98 Å². The Hall–Kier alpha value is -4.58. The maximum atomic E-state index is 11.1. The van der Waals surface area contributed by atoms with Gasteiger partial charge in [0.2, 0.25) is 0 Å². The van der Waals surface area contributed by atoms with Gasteiger partial charge in [0, 0.05) is 35.7 Å². The Kier molecular flexibility index (Phi) is 29.1. The molecule has 0 aliphatic heterocycles. The number of phenols is 2. The average molecular weight is 901 g/mol. The van der Waals surface area contributed by atoms with Gasteiger partial charge >= 0.3 is 0 Å². The molecule has 0 radical (unpaired) electrons. The lowest BCUT2D eigenvalue weighted by Crippen LogP contribution is -2.09. The fourth-order valence-corrected chi connectivity index (χ4v) is 8.74. The number of aliphatic imine (C=N–C) groups is 2. The number of ether oxygens (including phenoxy) is 2. The van der Waals surface area contributed by atoms with E-state index in [0.717, 1.165) is 24.0 Å². The largest absolute Gasteiger partial charge is 0.507 e. The smallest absolute Gasteiger partial charge is 0.128 e. The zero-order chi connectivity index (χ0) is 46.5. The van der Waals surface area contributed by atoms with Crippen LogP contribution in [0.1, 0.15) is 228 Å². The fraction of sp³-hybridized carbons (Fsp3) is 0.567. The minimum Gasteiger partial charge on any atom is -0.507 e. The first-order valence-electron chi connectivity index (χ1n) is 26.7. The van der Waals surface area contributed by atoms with Gasteiger partial charge in [-0.1, -0.05) is 241 Å². The molecule has 2 atom stereocenters. The first-order chi connectivity index (χ1) is 32.6. The van der Waals surface area contributed by atoms with Crippen LogP contribution in [0, 0.1) is 0 Å². The summed E-state index contributed by atoms with van der Waals surface area (Å²) in [5, 5.41) is 22.2. The molecule has 0 aromatic heterocycles. The van der Waals surface area contributed by atoms with Gasteiger partial charge in [-0.3, -0.25) is 9.98 Å². The zero-order valence-corrected chi connectivity index (χ0v) is 41.4. The molecule has 6 heteroatoms. The number of unbranched alkanes of at least 4 members (excludes halogenated alkanes) is 26. The summed E-state index contributed by atoms with van der Waals surface area (Å²) in [5.41, 5.74) is 3.20. The molecule has 0 aliphatic carbocycles. The maximum Gasteiger partial charge on any atom is 0.128 e. The van der Waals surface area contributed by atoms with Crippen molar-refractivity contribution in [3.05, 3.63) is 119 Å². The highest BCUT2D eigenvalue weighted by molar-refractivity contribution is 5.85. The summed E-state index contributed by atoms with van der Waals surface area (Å²) in [4.78, 5) is 10.2. The molecular formula is C60H88N2O4. The Morgan fingerprint density at radius 2 is 0.667 bits per heavy atom. The van der Waals surface area contributed by atoms with Gasteiger partial charge in [0.05, 0.1) is 13.2 Å². The monoisotopic (exact) mass is 901 g/mol. The van der Waals surface area contributed by atoms with Crippen LogP contribution >= 0.6 is 0 Å². The first-order valence-corrected chi connectivity index (χ1v) is 26.7. The van der Waals surface area contributed by atoms with E-state index in [2.05, 4.69) is 38.1 Å². The lowest BCUT2D eigenvalue weighted by molar-refractivity contribution is 0.302. The summed E-state index contributed by atoms with van der Waals surface area (Å²) in [5.74, 6) is 1.58. The van der Waals surface area contributed by atoms with Crippen molar-refractivity contribution < 1.29 is 19.7 Å². The molecule has 0 fully saturated rings. The summed E-state index contributed by atoms with van der Waals surface area (Å²) in [6.45, 7) is 5.84. The summed E-state index contributed by atoms with van der Waals surface area (Å²) >= 11 is 0. The number of hydrogen-bond donors (Lipinski definition) is 2. The quantitative estimate of drug-likeness (QED) is 0.0345. The maximum absolute atomic E-state index is 11.1. The van der Waals surface area contributed by atoms with Gasteiger partial charge < -0.3 is 19.7 Å². The number of benzene rings is 4. The number of phenolic OH excluding ortho intramolecular Hbond substituents is 2. The van der Waals surface area contributed by atoms with E-state index in [1.807, 2.05) is 60.7 Å². The van der Waals surface area contributed by atoms with Crippen LogP contribution in [0.3, 0.4) is 0 Å². The van der Waals surface area contributed by atoms with Crippen LogP contribution in [-0.4, -0.2) is 35.9 Å². The number of hydrogen-bond acceptors (Lipinski definition) is 6. The molecule has 0 amide bonds. The highest BCUT2D eigenvalue weighted by Crippen LogP contribution is 2.36. The summed E-state index contributed by atoms with van der Waals surface area (Å²) in [6, 6.07) is 30.4. The number of aromatic hydroxyl groups is 2. The first kappa shape index (κ1) is 54.0. The van der Waals surface area contributed by atoms with E-state index in [4.69, 9.17) is 19.5 Å². The molecule has 362 valence electrons. The molecule has 4 rings (SSSR count). The Morgan fingerprint density at radius 3 is 0.955 bits per heavy atom. The van der Waals surface area contributed by atoms with Crippen molar-refractivity contribution in [3.63, 3.8) is 0 Å². The lowest BCUT2D eigenvalue weighted by Gasteiger charge is -2.22. The molecular weight excluding hydrogens is 813 g/mol. The lowest BCUT2D eigenvalue weighted by atomic mass is 9.94. The molecule has 0 aliphatic rings. The Bertz CT molecular complexity index is 1710. The molecule has 2 N–H and O–H groups in total. The molecule has 6 nitrogen and oxygen atoms in total. The molecule has 0 bridgehead atoms. The number of rotatable bonds is 39. The normalized spacial score (nSPS) is 12.6. The standard InChI is InChI=1S/C60H88N2O4/c1-3-5-7-9-11-13-15-17-19-21-23-25-27-35-45-65-55-43-41-53(57(63)47-55)49-61-59(51-37-31-29-32-38-51)60(52-39-33-30-34-40-52)62-50-54-42-44-56(48-58(54)64)66-46-36-28-26-24-22-20-18-16-14-12-10-8-6-4-2/h29-34,37-44,47-50,59-60,63-64H,3-28,35-36,45-46H2,1-2H3. The van der Waals surface area contributed by atoms with Crippen molar-refractivity contribution in [2.75, 3.05) is 13.2 Å². The van der Waals surface area contributed by atoms with Crippen LogP contribution in [0.2, 0.25) is 0 Å². The Balaban J connectivity index is 1.24. The molecule has 0 saturated heterocycles. The second kappa shape index (κ2) is 35.6. The van der Waals surface area contributed by atoms with Crippen LogP contribution < -0.4 is 9.47 Å². The molecule has 0 spiro atoms. The Morgan fingerprint density at radius 1 is 0.379 bits per heavy atom. The topological polar surface area (TPSA) is 83.6 Å². The summed E-state index contributed by atoms with van der Waals surface area (Å²) < 4.78 is 12.1. The highest BCUT2D eigenvalue weighted by atomic mass is 16.5. The van der Waals surface area contributed by atoms with Gasteiger partial charge in [0.15, 0.2) is 0 Å². The summed E-state index contributed by atoms with van der Waals surface area (Å²) in [6.07, 6.45) is 40.6. The van der Waals surface area contributed by atoms with E-state index in [1.54, 1.807) is 24.6 Å². The molecule has 0 heterocycles. The van der Waals surface area contributed by atoms with Gasteiger partial charge in [-0.25, -0.2) is 0 Å². The predicted octanol–water partition coefficient (Wildman–Crippen LogP) is 17.8. The van der Waals surface area contributed by atoms with Crippen molar-refractivity contribution in [2.45, 2.75) is 206 Å². The van der Waals surface area contributed by atoms with Gasteiger partial charge in [-0.15, -0.1) is 0 Å². The third kappa shape index (κ3) is 23.2. The van der Waals surface area contributed by atoms with Crippen LogP contribution in [0.4, 0.5) is 0 Å². The predicted molar refractivity (Wildman–Crippen MR) is 281 cm³/mol. The van der Waals surface area contributed by atoms with E-state index < -0.39 is 12.1 Å². The van der Waals surface area contributed by atoms with E-state index >= 15 is 0 Å². The van der Waals surface area contributed by atoms with E-state index in [9.17, 15) is 10.2 Å². The van der Waals surface area contributed by atoms with Gasteiger partial charge in [-0.05, 0) is 48.2 Å². The van der Waals surface area contributed by atoms with Crippen LogP contribution in [0.25, 0.3) is 0 Å². The molecule has 66 heavy (non-hydrogen) atoms. The number of nitrogens with zero attached hydrogens (tertiary/aromatic N) is 2. The third-order valence-electron chi connectivity index (χ3n) is 12.9. The molecule has 0 saturated carbocycles. The fourth-order valence-electron chi connectivity index (χ4n) is 8.74. The van der Waals surface area contributed by atoms with Crippen molar-refractivity contribution in [3.8, 4) is 23.0 Å². The van der Waals surface area contributed by atoms with E-state index in [-0.39, 0.29) is 11.5 Å². The van der Waals surface area contributed by atoms with E-state index in [0.29, 0.717) is 35.8 Å². The Labute approximate surface area is 401 Å². The molecule has 4 aromatic carbocycles. The second-order valence-corrected chi connectivity index (χ2v) is 18.6. The van der Waals surface area contributed by atoms with Gasteiger partial charge in [0.25, 0.3) is 0 Å². The summed E-state index contributed by atoms with van der Waals surface area (Å²) in [7, 11) is 0. The van der Waals surface area contributed by atoms with Crippen molar-refractivity contribution in [1.29, 1.82) is 0 Å². The van der Waals surface area contributed by atoms with Crippen LogP contribution in [0.5, 0.6) is 23.0 Å².